The van der Waals surface area contributed by atoms with Crippen LogP contribution in [0.25, 0.3) is 0 Å². The summed E-state index contributed by atoms with van der Waals surface area (Å²) in [5.74, 6) is -0.433. The van der Waals surface area contributed by atoms with Gasteiger partial charge in [0.1, 0.15) is 5.60 Å². The first kappa shape index (κ1) is 8.92. The molecule has 10 heavy (non-hydrogen) atoms. The van der Waals surface area contributed by atoms with Crippen LogP contribution >= 0.6 is 0 Å². The Balaban J connectivity index is 4.08. The van der Waals surface area contributed by atoms with Crippen LogP contribution < -0.4 is 5.32 Å². The predicted molar refractivity (Wildman–Crippen MR) is 34.8 cm³/mol. The molecular weight excluding hydrogens is 132 g/mol. The molecule has 1 N–H and O–H groups in total. The van der Waals surface area contributed by atoms with Crippen LogP contribution in [-0.4, -0.2) is 18.6 Å². The number of carbonyl (C=O) groups excluding carboxylic acids is 1. The van der Waals surface area contributed by atoms with E-state index in [0.717, 1.165) is 0 Å². The van der Waals surface area contributed by atoms with Gasteiger partial charge in [-0.05, 0) is 13.8 Å². The first-order valence-corrected chi connectivity index (χ1v) is 2.79. The van der Waals surface area contributed by atoms with Gasteiger partial charge in [0.05, 0.1) is 0 Å². The molecule has 4 heteroatoms. The van der Waals surface area contributed by atoms with Gasteiger partial charge in [0.15, 0.2) is 6.19 Å². The van der Waals surface area contributed by atoms with Crippen molar-refractivity contribution in [2.45, 2.75) is 19.4 Å². The Labute approximate surface area is 59.8 Å². The molecule has 1 amide bonds. The second-order valence-corrected chi connectivity index (χ2v) is 2.28. The van der Waals surface area contributed by atoms with E-state index in [-0.39, 0.29) is 0 Å². The average Bonchev–Trinajstić information content (AvgIpc) is 1.89. The SMILES string of the molecule is COC(C)(C)C(=O)NC#N. The summed E-state index contributed by atoms with van der Waals surface area (Å²) in [6, 6.07) is 0. The van der Waals surface area contributed by atoms with E-state index in [0.29, 0.717) is 0 Å². The van der Waals surface area contributed by atoms with Crippen molar-refractivity contribution in [2.75, 3.05) is 7.11 Å². The lowest BCUT2D eigenvalue weighted by Crippen LogP contribution is -2.41. The summed E-state index contributed by atoms with van der Waals surface area (Å²) in [4.78, 5) is 10.8. The van der Waals surface area contributed by atoms with Crippen LogP contribution in [0.5, 0.6) is 0 Å². The third-order valence-electron chi connectivity index (χ3n) is 1.23. The molecule has 0 aromatic rings. The molecule has 0 radical (unpaired) electrons. The number of hydrogen-bond acceptors (Lipinski definition) is 3. The van der Waals surface area contributed by atoms with E-state index in [1.807, 2.05) is 5.32 Å². The lowest BCUT2D eigenvalue weighted by Gasteiger charge is -2.18. The highest BCUT2D eigenvalue weighted by molar-refractivity contribution is 5.85. The second-order valence-electron chi connectivity index (χ2n) is 2.28. The van der Waals surface area contributed by atoms with Crippen LogP contribution in [-0.2, 0) is 9.53 Å². The van der Waals surface area contributed by atoms with Crippen LogP contribution in [0.15, 0.2) is 0 Å². The van der Waals surface area contributed by atoms with E-state index in [1.54, 1.807) is 13.8 Å². The van der Waals surface area contributed by atoms with Crippen LogP contribution in [0.1, 0.15) is 13.8 Å². The first-order valence-electron chi connectivity index (χ1n) is 2.79. The van der Waals surface area contributed by atoms with Crippen molar-refractivity contribution in [2.24, 2.45) is 0 Å². The minimum atomic E-state index is -0.921. The third-order valence-corrected chi connectivity index (χ3v) is 1.23. The van der Waals surface area contributed by atoms with Crippen molar-refractivity contribution < 1.29 is 9.53 Å². The molecule has 0 aromatic heterocycles. The van der Waals surface area contributed by atoms with E-state index in [4.69, 9.17) is 10.00 Å². The lowest BCUT2D eigenvalue weighted by atomic mass is 10.1. The number of nitriles is 1. The van der Waals surface area contributed by atoms with Crippen molar-refractivity contribution in [1.82, 2.24) is 5.32 Å². The fourth-order valence-electron chi connectivity index (χ4n) is 0.294. The molecule has 0 fully saturated rings. The molecule has 0 rings (SSSR count). The van der Waals surface area contributed by atoms with E-state index in [1.165, 1.54) is 13.3 Å². The maximum absolute atomic E-state index is 10.8. The fourth-order valence-corrected chi connectivity index (χ4v) is 0.294. The van der Waals surface area contributed by atoms with E-state index < -0.39 is 11.5 Å². The minimum Gasteiger partial charge on any atom is -0.369 e. The number of hydrogen-bond donors (Lipinski definition) is 1. The maximum atomic E-state index is 10.8. The molecule has 0 atom stereocenters. The zero-order valence-corrected chi connectivity index (χ0v) is 6.26. The number of nitrogens with zero attached hydrogens (tertiary/aromatic N) is 1. The van der Waals surface area contributed by atoms with Gasteiger partial charge in [-0.25, -0.2) is 0 Å². The smallest absolute Gasteiger partial charge is 0.264 e. The summed E-state index contributed by atoms with van der Waals surface area (Å²) in [5, 5.41) is 10.0. The number of ether oxygens (including phenoxy) is 1. The van der Waals surface area contributed by atoms with Crippen molar-refractivity contribution in [3.05, 3.63) is 0 Å². The molecule has 0 aliphatic rings. The van der Waals surface area contributed by atoms with Crippen LogP contribution in [0.3, 0.4) is 0 Å². The number of carbonyl (C=O) groups is 1. The number of methoxy groups -OCH3 is 1. The number of amides is 1. The highest BCUT2D eigenvalue weighted by atomic mass is 16.5. The highest BCUT2D eigenvalue weighted by Crippen LogP contribution is 2.05. The summed E-state index contributed by atoms with van der Waals surface area (Å²) in [5.41, 5.74) is -0.921. The lowest BCUT2D eigenvalue weighted by molar-refractivity contribution is -0.138. The summed E-state index contributed by atoms with van der Waals surface area (Å²) in [7, 11) is 1.41. The molecule has 0 aliphatic heterocycles. The van der Waals surface area contributed by atoms with Gasteiger partial charge in [0.2, 0.25) is 0 Å². The van der Waals surface area contributed by atoms with Crippen LogP contribution in [0.4, 0.5) is 0 Å². The van der Waals surface area contributed by atoms with Gasteiger partial charge in [-0.1, -0.05) is 0 Å². The van der Waals surface area contributed by atoms with Crippen LogP contribution in [0, 0.1) is 11.5 Å². The van der Waals surface area contributed by atoms with Crippen molar-refractivity contribution >= 4 is 5.91 Å². The third kappa shape index (κ3) is 2.03. The molecule has 4 nitrogen and oxygen atoms in total. The standard InChI is InChI=1S/C6H10N2O2/c1-6(2,10-3)5(9)8-4-7/h1-3H3,(H,8,9). The van der Waals surface area contributed by atoms with E-state index >= 15 is 0 Å². The molecule has 0 aromatic carbocycles. The molecule has 0 heterocycles. The summed E-state index contributed by atoms with van der Waals surface area (Å²) >= 11 is 0. The molecule has 0 bridgehead atoms. The molecule has 56 valence electrons. The van der Waals surface area contributed by atoms with Gasteiger partial charge in [-0.3, -0.25) is 10.1 Å². The zero-order valence-electron chi connectivity index (χ0n) is 6.26. The maximum Gasteiger partial charge on any atom is 0.264 e. The number of nitrogens with one attached hydrogen (secondary N) is 1. The van der Waals surface area contributed by atoms with Gasteiger partial charge in [-0.2, -0.15) is 5.26 Å². The minimum absolute atomic E-state index is 0.433. The molecule has 0 aliphatic carbocycles. The zero-order chi connectivity index (χ0) is 8.20. The molecule has 0 spiro atoms. The highest BCUT2D eigenvalue weighted by Gasteiger charge is 2.26. The predicted octanol–water partition coefficient (Wildman–Crippen LogP) is 0.00868. The van der Waals surface area contributed by atoms with Gasteiger partial charge in [-0.15, -0.1) is 0 Å². The van der Waals surface area contributed by atoms with Crippen LogP contribution in [0.2, 0.25) is 0 Å². The normalized spacial score (nSPS) is 10.2. The Kier molecular flexibility index (Phi) is 2.84. The van der Waals surface area contributed by atoms with Crippen molar-refractivity contribution in [1.29, 1.82) is 5.26 Å². The van der Waals surface area contributed by atoms with Gasteiger partial charge in [0, 0.05) is 7.11 Å². The Bertz CT molecular complexity index is 169. The summed E-state index contributed by atoms with van der Waals surface area (Å²) in [6.45, 7) is 3.17. The second kappa shape index (κ2) is 3.18. The molecule has 0 unspecified atom stereocenters. The number of rotatable bonds is 2. The Morgan fingerprint density at radius 2 is 2.20 bits per heavy atom. The van der Waals surface area contributed by atoms with Crippen molar-refractivity contribution in [3.8, 4) is 6.19 Å². The van der Waals surface area contributed by atoms with Crippen molar-refractivity contribution in [3.63, 3.8) is 0 Å². The summed E-state index contributed by atoms with van der Waals surface area (Å²) < 4.78 is 4.79. The molecular formula is C6H10N2O2. The molecule has 0 saturated heterocycles. The quantitative estimate of drug-likeness (QED) is 0.436. The van der Waals surface area contributed by atoms with Gasteiger partial charge in [0.25, 0.3) is 5.91 Å². The molecule has 0 saturated carbocycles. The topological polar surface area (TPSA) is 62.1 Å². The largest absolute Gasteiger partial charge is 0.369 e. The summed E-state index contributed by atoms with van der Waals surface area (Å²) in [6.07, 6.45) is 1.53. The average molecular weight is 142 g/mol. The monoisotopic (exact) mass is 142 g/mol. The fraction of sp³-hybridized carbons (Fsp3) is 0.667. The van der Waals surface area contributed by atoms with E-state index in [9.17, 15) is 4.79 Å². The Morgan fingerprint density at radius 3 is 2.50 bits per heavy atom. The Morgan fingerprint density at radius 1 is 1.70 bits per heavy atom. The first-order chi connectivity index (χ1) is 4.54. The Hall–Kier alpha value is -1.08. The van der Waals surface area contributed by atoms with Gasteiger partial charge >= 0.3 is 0 Å². The van der Waals surface area contributed by atoms with Gasteiger partial charge < -0.3 is 4.74 Å². The van der Waals surface area contributed by atoms with E-state index in [2.05, 4.69) is 0 Å².